The lowest BCUT2D eigenvalue weighted by Gasteiger charge is -2.49. The van der Waals surface area contributed by atoms with E-state index in [9.17, 15) is 25.5 Å². The Balaban J connectivity index is 1.29. The molecule has 18 heteroatoms. The zero-order chi connectivity index (χ0) is 31.2. The first-order valence-corrected chi connectivity index (χ1v) is 14.7. The zero-order valence-electron chi connectivity index (χ0n) is 23.8. The van der Waals surface area contributed by atoms with Crippen molar-refractivity contribution < 1.29 is 58.7 Å². The van der Waals surface area contributed by atoms with Crippen LogP contribution in [-0.2, 0) is 33.2 Å². The fourth-order valence-electron chi connectivity index (χ4n) is 6.36. The minimum absolute atomic E-state index is 0.139. The number of hydrogen-bond acceptors (Lipinski definition) is 18. The third-order valence-electron chi connectivity index (χ3n) is 9.18. The van der Waals surface area contributed by atoms with E-state index >= 15 is 0 Å². The summed E-state index contributed by atoms with van der Waals surface area (Å²) in [6, 6.07) is -3.23. The van der Waals surface area contributed by atoms with Gasteiger partial charge in [-0.25, -0.2) is 0 Å². The van der Waals surface area contributed by atoms with E-state index < -0.39 is 110 Å². The summed E-state index contributed by atoms with van der Waals surface area (Å²) in [6.07, 6.45) is -13.9. The van der Waals surface area contributed by atoms with Crippen molar-refractivity contribution >= 4 is 0 Å². The Labute approximate surface area is 248 Å². The molecule has 0 bridgehead atoms. The van der Waals surface area contributed by atoms with Gasteiger partial charge in [0.1, 0.15) is 48.8 Å². The average Bonchev–Trinajstić information content (AvgIpc) is 3.26. The van der Waals surface area contributed by atoms with Crippen molar-refractivity contribution in [1.29, 1.82) is 0 Å². The van der Waals surface area contributed by atoms with Crippen molar-refractivity contribution in [2.45, 2.75) is 129 Å². The van der Waals surface area contributed by atoms with E-state index in [0.29, 0.717) is 26.1 Å². The second-order valence-corrected chi connectivity index (χ2v) is 12.4. The van der Waals surface area contributed by atoms with Crippen LogP contribution in [0.4, 0.5) is 0 Å². The van der Waals surface area contributed by atoms with E-state index in [0.717, 1.165) is 0 Å². The molecule has 0 aromatic rings. The van der Waals surface area contributed by atoms with Crippen LogP contribution >= 0.6 is 0 Å². The maximum absolute atomic E-state index is 11.2. The molecule has 0 spiro atoms. The molecule has 43 heavy (non-hydrogen) atoms. The van der Waals surface area contributed by atoms with E-state index in [2.05, 4.69) is 0 Å². The Hall–Kier alpha value is -0.720. The van der Waals surface area contributed by atoms with Gasteiger partial charge in [0.2, 0.25) is 0 Å². The van der Waals surface area contributed by atoms with Crippen molar-refractivity contribution in [3.05, 3.63) is 0 Å². The van der Waals surface area contributed by atoms with Gasteiger partial charge in [-0.15, -0.1) is 0 Å². The van der Waals surface area contributed by atoms with Gasteiger partial charge in [0.05, 0.1) is 49.7 Å². The summed E-state index contributed by atoms with van der Waals surface area (Å²) in [5.74, 6) is 0. The van der Waals surface area contributed by atoms with Gasteiger partial charge in [0, 0.05) is 18.6 Å². The van der Waals surface area contributed by atoms with Crippen LogP contribution in [0.25, 0.3) is 0 Å². The molecule has 4 heterocycles. The van der Waals surface area contributed by atoms with Crippen LogP contribution in [0.1, 0.15) is 19.3 Å². The first kappa shape index (κ1) is 33.6. The van der Waals surface area contributed by atoms with Gasteiger partial charge in [0.15, 0.2) is 18.9 Å². The molecule has 4 aliphatic heterocycles. The molecule has 5 fully saturated rings. The fourth-order valence-corrected chi connectivity index (χ4v) is 6.36. The Morgan fingerprint density at radius 2 is 1.33 bits per heavy atom. The molecule has 250 valence electrons. The van der Waals surface area contributed by atoms with Crippen molar-refractivity contribution in [2.75, 3.05) is 26.4 Å². The van der Waals surface area contributed by atoms with E-state index in [1.54, 1.807) is 0 Å². The van der Waals surface area contributed by atoms with Crippen LogP contribution in [0, 0.1) is 0 Å². The first-order chi connectivity index (χ1) is 20.4. The normalized spacial score (nSPS) is 52.1. The van der Waals surface area contributed by atoms with Gasteiger partial charge in [-0.2, -0.15) is 0 Å². The second-order valence-electron chi connectivity index (χ2n) is 12.4. The standard InChI is InChI=1S/C25H48N6O12/c26-4-11-16(34)17(35)14(30)23(38-11)42-20-12(5-32)39-24(18(20)36)43-21-15(33)9(28)3-10(29)19(21)41-22-8(27)1-2-13(40-22)25(31)6-37-7-25/h8-24,32-36H,1-7,26-31H2/t8-,9-,10+,11+,12-,13+,14-,15+,16-,17-,18-,19-,20-,21-,22-,23?,24+/m1/s1. The van der Waals surface area contributed by atoms with Gasteiger partial charge >= 0.3 is 0 Å². The van der Waals surface area contributed by atoms with Gasteiger partial charge < -0.3 is 93.1 Å². The predicted octanol–water partition coefficient (Wildman–Crippen LogP) is -7.07. The number of aliphatic hydroxyl groups is 5. The highest BCUT2D eigenvalue weighted by Gasteiger charge is 2.54. The number of aliphatic hydroxyl groups excluding tert-OH is 5. The average molecular weight is 625 g/mol. The van der Waals surface area contributed by atoms with Crippen LogP contribution in [0.5, 0.6) is 0 Å². The summed E-state index contributed by atoms with van der Waals surface area (Å²) in [5, 5.41) is 52.7. The molecule has 5 rings (SSSR count). The summed E-state index contributed by atoms with van der Waals surface area (Å²) in [6.45, 7) is -0.0488. The molecule has 1 unspecified atom stereocenters. The first-order valence-electron chi connectivity index (χ1n) is 14.7. The SMILES string of the molecule is NC[C@@H]1OC(O[C@H]2[C@@H](O)[C@H](O[C@@H]3[C@@H](O)[C@H](N)C[C@H](N)[C@H]3O[C@H]3O[C@H](C4(N)COC4)CC[C@H]3N)O[C@@H]2CO)[C@H](N)[C@@H](O)[C@@H]1O. The molecule has 5 aliphatic rings. The van der Waals surface area contributed by atoms with Crippen LogP contribution in [0.15, 0.2) is 0 Å². The van der Waals surface area contributed by atoms with Crippen molar-refractivity contribution in [3.8, 4) is 0 Å². The minimum atomic E-state index is -1.54. The summed E-state index contributed by atoms with van der Waals surface area (Å²) in [4.78, 5) is 0. The lowest BCUT2D eigenvalue weighted by atomic mass is 9.84. The van der Waals surface area contributed by atoms with Crippen LogP contribution in [0.2, 0.25) is 0 Å². The van der Waals surface area contributed by atoms with Crippen LogP contribution < -0.4 is 34.4 Å². The molecule has 0 aromatic carbocycles. The van der Waals surface area contributed by atoms with E-state index in [-0.39, 0.29) is 19.1 Å². The summed E-state index contributed by atoms with van der Waals surface area (Å²) in [7, 11) is 0. The highest BCUT2D eigenvalue weighted by atomic mass is 16.8. The van der Waals surface area contributed by atoms with Crippen molar-refractivity contribution in [2.24, 2.45) is 34.4 Å². The minimum Gasteiger partial charge on any atom is -0.394 e. The topological polar surface area (TPSA) is 322 Å². The Kier molecular flexibility index (Phi) is 10.6. The Bertz CT molecular complexity index is 924. The molecule has 18 nitrogen and oxygen atoms in total. The lowest BCUT2D eigenvalue weighted by Crippen LogP contribution is -2.69. The number of nitrogens with two attached hydrogens (primary N) is 6. The van der Waals surface area contributed by atoms with Crippen LogP contribution in [-0.4, -0.2) is 162 Å². The summed E-state index contributed by atoms with van der Waals surface area (Å²) >= 11 is 0. The molecule has 4 saturated heterocycles. The van der Waals surface area contributed by atoms with Crippen molar-refractivity contribution in [1.82, 2.24) is 0 Å². The van der Waals surface area contributed by atoms with Crippen molar-refractivity contribution in [3.63, 3.8) is 0 Å². The summed E-state index contributed by atoms with van der Waals surface area (Å²) < 4.78 is 41.0. The smallest absolute Gasteiger partial charge is 0.187 e. The highest BCUT2D eigenvalue weighted by molar-refractivity contribution is 5.03. The largest absolute Gasteiger partial charge is 0.394 e. The number of ether oxygens (including phenoxy) is 7. The van der Waals surface area contributed by atoms with Gasteiger partial charge in [-0.3, -0.25) is 0 Å². The van der Waals surface area contributed by atoms with E-state index in [4.69, 9.17) is 67.6 Å². The molecule has 1 aliphatic carbocycles. The molecule has 1 saturated carbocycles. The Morgan fingerprint density at radius 3 is 1.95 bits per heavy atom. The third-order valence-corrected chi connectivity index (χ3v) is 9.18. The molecule has 0 aromatic heterocycles. The zero-order valence-corrected chi connectivity index (χ0v) is 23.8. The molecule has 17 N–H and O–H groups in total. The molecular formula is C25H48N6O12. The quantitative estimate of drug-likeness (QED) is 0.113. The Morgan fingerprint density at radius 1 is 0.674 bits per heavy atom. The van der Waals surface area contributed by atoms with Gasteiger partial charge in [-0.05, 0) is 19.3 Å². The van der Waals surface area contributed by atoms with E-state index in [1.807, 2.05) is 0 Å². The molecule has 0 amide bonds. The lowest BCUT2D eigenvalue weighted by molar-refractivity contribution is -0.299. The molecule has 0 radical (unpaired) electrons. The number of rotatable bonds is 9. The highest BCUT2D eigenvalue weighted by Crippen LogP contribution is 2.35. The maximum Gasteiger partial charge on any atom is 0.187 e. The van der Waals surface area contributed by atoms with Gasteiger partial charge in [0.25, 0.3) is 0 Å². The third kappa shape index (κ3) is 6.59. The molecule has 17 atom stereocenters. The van der Waals surface area contributed by atoms with Gasteiger partial charge in [-0.1, -0.05) is 0 Å². The monoisotopic (exact) mass is 624 g/mol. The number of hydrogen-bond donors (Lipinski definition) is 11. The summed E-state index contributed by atoms with van der Waals surface area (Å²) in [5.41, 5.74) is 36.3. The predicted molar refractivity (Wildman–Crippen MR) is 144 cm³/mol. The fraction of sp³-hybridized carbons (Fsp3) is 1.00. The van der Waals surface area contributed by atoms with E-state index in [1.165, 1.54) is 0 Å². The second kappa shape index (κ2) is 13.6. The maximum atomic E-state index is 11.2. The van der Waals surface area contributed by atoms with Crippen LogP contribution in [0.3, 0.4) is 0 Å². The molecular weight excluding hydrogens is 576 g/mol.